The summed E-state index contributed by atoms with van der Waals surface area (Å²) in [4.78, 5) is 16.2. The normalized spacial score (nSPS) is 19.4. The lowest BCUT2D eigenvalue weighted by molar-refractivity contribution is 0.368. The van der Waals surface area contributed by atoms with Gasteiger partial charge in [-0.25, -0.2) is 4.98 Å². The average Bonchev–Trinajstić information content (AvgIpc) is 3.26. The van der Waals surface area contributed by atoms with Crippen molar-refractivity contribution in [2.75, 3.05) is 62.7 Å². The van der Waals surface area contributed by atoms with Crippen molar-refractivity contribution in [2.24, 2.45) is 10.9 Å². The Bertz CT molecular complexity index is 870. The number of halogens is 2. The fourth-order valence-corrected chi connectivity index (χ4v) is 4.56. The summed E-state index contributed by atoms with van der Waals surface area (Å²) in [5.41, 5.74) is 2.55. The van der Waals surface area contributed by atoms with E-state index in [-0.39, 0.29) is 24.0 Å². The van der Waals surface area contributed by atoms with Crippen LogP contribution in [0.2, 0.25) is 5.02 Å². The molecule has 8 heteroatoms. The zero-order valence-corrected chi connectivity index (χ0v) is 21.4. The molecule has 0 amide bonds. The van der Waals surface area contributed by atoms with E-state index in [4.69, 9.17) is 11.6 Å². The van der Waals surface area contributed by atoms with Gasteiger partial charge in [-0.15, -0.1) is 24.0 Å². The minimum atomic E-state index is 0. The van der Waals surface area contributed by atoms with Crippen LogP contribution in [0.4, 0.5) is 11.5 Å². The number of benzene rings is 1. The minimum absolute atomic E-state index is 0. The number of pyridine rings is 1. The lowest BCUT2D eigenvalue weighted by atomic mass is 10.1. The Balaban J connectivity index is 0.00000272. The number of anilines is 2. The van der Waals surface area contributed by atoms with Gasteiger partial charge >= 0.3 is 0 Å². The Morgan fingerprint density at radius 2 is 1.94 bits per heavy atom. The van der Waals surface area contributed by atoms with Gasteiger partial charge in [-0.1, -0.05) is 23.7 Å². The van der Waals surface area contributed by atoms with Gasteiger partial charge < -0.3 is 20.0 Å². The first-order valence-corrected chi connectivity index (χ1v) is 11.1. The van der Waals surface area contributed by atoms with Gasteiger partial charge in [0.05, 0.1) is 0 Å². The molecule has 6 nitrogen and oxygen atoms in total. The van der Waals surface area contributed by atoms with Gasteiger partial charge in [-0.05, 0) is 49.1 Å². The van der Waals surface area contributed by atoms with Crippen molar-refractivity contribution >= 4 is 53.0 Å². The first kappa shape index (κ1) is 23.9. The third-order valence-corrected chi connectivity index (χ3v) is 6.35. The maximum atomic E-state index is 6.22. The smallest absolute Gasteiger partial charge is 0.193 e. The van der Waals surface area contributed by atoms with E-state index in [0.717, 1.165) is 62.6 Å². The van der Waals surface area contributed by atoms with Crippen molar-refractivity contribution in [3.63, 3.8) is 0 Å². The maximum absolute atomic E-state index is 6.22. The highest BCUT2D eigenvalue weighted by Crippen LogP contribution is 2.29. The van der Waals surface area contributed by atoms with Gasteiger partial charge in [-0.3, -0.25) is 4.99 Å². The molecule has 2 saturated heterocycles. The molecule has 0 saturated carbocycles. The Morgan fingerprint density at radius 3 is 2.65 bits per heavy atom. The van der Waals surface area contributed by atoms with Crippen molar-refractivity contribution in [1.82, 2.24) is 15.2 Å². The topological polar surface area (TPSA) is 47.0 Å². The molecule has 2 aromatic rings. The summed E-state index contributed by atoms with van der Waals surface area (Å²) in [7, 11) is 1.88. The highest BCUT2D eigenvalue weighted by Gasteiger charge is 2.25. The Kier molecular flexibility index (Phi) is 8.66. The van der Waals surface area contributed by atoms with Crippen LogP contribution >= 0.6 is 35.6 Å². The van der Waals surface area contributed by atoms with Crippen LogP contribution in [0.1, 0.15) is 12.0 Å². The number of aryl methyl sites for hydroxylation is 1. The van der Waals surface area contributed by atoms with Gasteiger partial charge in [0, 0.05) is 69.8 Å². The number of guanidine groups is 1. The molecule has 2 aliphatic heterocycles. The van der Waals surface area contributed by atoms with E-state index in [2.05, 4.69) is 55.1 Å². The monoisotopic (exact) mass is 554 g/mol. The molecule has 1 N–H and O–H groups in total. The summed E-state index contributed by atoms with van der Waals surface area (Å²) in [6, 6.07) is 12.3. The Labute approximate surface area is 207 Å². The fourth-order valence-electron chi connectivity index (χ4n) is 4.40. The van der Waals surface area contributed by atoms with E-state index in [1.54, 1.807) is 0 Å². The van der Waals surface area contributed by atoms with E-state index in [9.17, 15) is 0 Å². The average molecular weight is 555 g/mol. The van der Waals surface area contributed by atoms with E-state index in [0.29, 0.717) is 5.92 Å². The summed E-state index contributed by atoms with van der Waals surface area (Å²) in [5, 5.41) is 4.43. The molecule has 31 heavy (non-hydrogen) atoms. The summed E-state index contributed by atoms with van der Waals surface area (Å²) in [6.07, 6.45) is 3.04. The Hall–Kier alpha value is -1.74. The molecular formula is C23H32ClIN6. The third kappa shape index (κ3) is 5.94. The highest BCUT2D eigenvalue weighted by molar-refractivity contribution is 14.0. The summed E-state index contributed by atoms with van der Waals surface area (Å²) in [6.45, 7) is 9.07. The van der Waals surface area contributed by atoms with E-state index >= 15 is 0 Å². The van der Waals surface area contributed by atoms with Crippen LogP contribution in [0.15, 0.2) is 47.6 Å². The maximum Gasteiger partial charge on any atom is 0.193 e. The second-order valence-electron chi connectivity index (χ2n) is 8.12. The SMILES string of the molecule is CN=C(NCC1CCN(c2cc(Cl)ccc2C)C1)N1CCN(c2ccccn2)CC1.I. The number of nitrogens with zero attached hydrogens (tertiary/aromatic N) is 5. The standard InChI is InChI=1S/C23H31ClN6.HI/c1-18-6-7-20(24)15-21(18)30-10-8-19(17-30)16-27-23(25-2)29-13-11-28(12-14-29)22-5-3-4-9-26-22;/h3-7,9,15,19H,8,10-14,16-17H2,1-2H3,(H,25,27);1H. The lowest BCUT2D eigenvalue weighted by Gasteiger charge is -2.37. The van der Waals surface area contributed by atoms with Crippen LogP contribution in [-0.4, -0.2) is 68.7 Å². The molecule has 0 spiro atoms. The second kappa shape index (κ2) is 11.2. The molecular weight excluding hydrogens is 523 g/mol. The summed E-state index contributed by atoms with van der Waals surface area (Å²) < 4.78 is 0. The summed E-state index contributed by atoms with van der Waals surface area (Å²) >= 11 is 6.22. The van der Waals surface area contributed by atoms with Crippen LogP contribution in [0.3, 0.4) is 0 Å². The van der Waals surface area contributed by atoms with Gasteiger partial charge in [0.2, 0.25) is 0 Å². The highest BCUT2D eigenvalue weighted by atomic mass is 127. The predicted octanol–water partition coefficient (Wildman–Crippen LogP) is 3.89. The molecule has 1 aromatic heterocycles. The first-order chi connectivity index (χ1) is 14.6. The molecule has 3 heterocycles. The van der Waals surface area contributed by atoms with Crippen LogP contribution in [0, 0.1) is 12.8 Å². The van der Waals surface area contributed by atoms with Crippen molar-refractivity contribution in [1.29, 1.82) is 0 Å². The van der Waals surface area contributed by atoms with E-state index < -0.39 is 0 Å². The predicted molar refractivity (Wildman–Crippen MR) is 141 cm³/mol. The number of aromatic nitrogens is 1. The fraction of sp³-hybridized carbons (Fsp3) is 0.478. The quantitative estimate of drug-likeness (QED) is 0.353. The van der Waals surface area contributed by atoms with E-state index in [1.807, 2.05) is 31.4 Å². The van der Waals surface area contributed by atoms with Crippen LogP contribution in [-0.2, 0) is 0 Å². The molecule has 0 radical (unpaired) electrons. The van der Waals surface area contributed by atoms with E-state index in [1.165, 1.54) is 17.7 Å². The van der Waals surface area contributed by atoms with Crippen molar-refractivity contribution in [3.05, 3.63) is 53.2 Å². The number of hydrogen-bond donors (Lipinski definition) is 1. The number of rotatable bonds is 4. The van der Waals surface area contributed by atoms with Crippen LogP contribution in [0.25, 0.3) is 0 Å². The zero-order valence-electron chi connectivity index (χ0n) is 18.3. The molecule has 2 aliphatic rings. The van der Waals surface area contributed by atoms with Crippen molar-refractivity contribution in [2.45, 2.75) is 13.3 Å². The molecule has 1 unspecified atom stereocenters. The summed E-state index contributed by atoms with van der Waals surface area (Å²) in [5.74, 6) is 2.67. The molecule has 0 aliphatic carbocycles. The van der Waals surface area contributed by atoms with Gasteiger partial charge in [0.15, 0.2) is 5.96 Å². The number of nitrogens with one attached hydrogen (secondary N) is 1. The molecule has 1 atom stereocenters. The number of hydrogen-bond acceptors (Lipinski definition) is 4. The number of aliphatic imine (C=N–C) groups is 1. The van der Waals surface area contributed by atoms with Crippen LogP contribution in [0.5, 0.6) is 0 Å². The lowest BCUT2D eigenvalue weighted by Crippen LogP contribution is -2.53. The minimum Gasteiger partial charge on any atom is -0.371 e. The van der Waals surface area contributed by atoms with Gasteiger partial charge in [0.25, 0.3) is 0 Å². The van der Waals surface area contributed by atoms with Gasteiger partial charge in [-0.2, -0.15) is 0 Å². The largest absolute Gasteiger partial charge is 0.371 e. The van der Waals surface area contributed by atoms with Crippen molar-refractivity contribution < 1.29 is 0 Å². The van der Waals surface area contributed by atoms with Crippen molar-refractivity contribution in [3.8, 4) is 0 Å². The molecule has 168 valence electrons. The second-order valence-corrected chi connectivity index (χ2v) is 8.56. The zero-order chi connectivity index (χ0) is 20.9. The molecule has 0 bridgehead atoms. The number of piperazine rings is 1. The first-order valence-electron chi connectivity index (χ1n) is 10.8. The third-order valence-electron chi connectivity index (χ3n) is 6.11. The van der Waals surface area contributed by atoms with Crippen LogP contribution < -0.4 is 15.1 Å². The Morgan fingerprint density at radius 1 is 1.13 bits per heavy atom. The molecule has 1 aromatic carbocycles. The van der Waals surface area contributed by atoms with Gasteiger partial charge in [0.1, 0.15) is 5.82 Å². The molecule has 2 fully saturated rings. The molecule has 4 rings (SSSR count).